The lowest BCUT2D eigenvalue weighted by Gasteiger charge is -2.09. The van der Waals surface area contributed by atoms with E-state index in [9.17, 15) is 9.18 Å². The minimum absolute atomic E-state index is 0.206. The van der Waals surface area contributed by atoms with Crippen molar-refractivity contribution in [1.82, 2.24) is 10.3 Å². The van der Waals surface area contributed by atoms with Gasteiger partial charge in [-0.1, -0.05) is 24.3 Å². The third-order valence-corrected chi connectivity index (χ3v) is 4.57. The highest BCUT2D eigenvalue weighted by Crippen LogP contribution is 2.32. The van der Waals surface area contributed by atoms with Crippen LogP contribution < -0.4 is 20.1 Å². The summed E-state index contributed by atoms with van der Waals surface area (Å²) in [6, 6.07) is 15.6. The van der Waals surface area contributed by atoms with Gasteiger partial charge in [0.1, 0.15) is 11.6 Å². The third-order valence-electron chi connectivity index (χ3n) is 4.57. The van der Waals surface area contributed by atoms with Gasteiger partial charge in [-0.15, -0.1) is 0 Å². The number of aromatic nitrogens is 1. The van der Waals surface area contributed by atoms with Crippen LogP contribution in [0.1, 0.15) is 21.5 Å². The van der Waals surface area contributed by atoms with Crippen molar-refractivity contribution in [2.24, 2.45) is 0 Å². The zero-order chi connectivity index (χ0) is 20.1. The molecule has 1 aliphatic rings. The van der Waals surface area contributed by atoms with Gasteiger partial charge in [-0.3, -0.25) is 4.79 Å². The molecule has 2 aromatic carbocycles. The first-order chi connectivity index (χ1) is 14.2. The predicted octanol–water partition coefficient (Wildman–Crippen LogP) is 3.53. The Kier molecular flexibility index (Phi) is 5.56. The van der Waals surface area contributed by atoms with Crippen LogP contribution in [0.25, 0.3) is 0 Å². The molecule has 2 N–H and O–H groups in total. The molecule has 0 bridgehead atoms. The first-order valence-electron chi connectivity index (χ1n) is 9.29. The van der Waals surface area contributed by atoms with Crippen LogP contribution in [0, 0.1) is 5.82 Å². The van der Waals surface area contributed by atoms with Crippen molar-refractivity contribution in [2.45, 2.75) is 13.0 Å². The monoisotopic (exact) mass is 393 g/mol. The number of hydrogen-bond donors (Lipinski definition) is 2. The molecule has 0 saturated heterocycles. The molecule has 0 atom stereocenters. The predicted molar refractivity (Wildman–Crippen MR) is 107 cm³/mol. The van der Waals surface area contributed by atoms with Gasteiger partial charge in [0.2, 0.25) is 6.79 Å². The summed E-state index contributed by atoms with van der Waals surface area (Å²) in [5.74, 6) is 1.53. The number of anilines is 1. The first-order valence-corrected chi connectivity index (χ1v) is 9.29. The number of pyridine rings is 1. The molecule has 148 valence electrons. The SMILES string of the molecule is O=C(NCc1ccc2c(c1)OCO2)c1ccnc(NCCc2ccccc2F)c1. The van der Waals surface area contributed by atoms with Crippen LogP contribution in [-0.4, -0.2) is 24.2 Å². The number of hydrogen-bond acceptors (Lipinski definition) is 5. The molecule has 0 fully saturated rings. The molecule has 29 heavy (non-hydrogen) atoms. The maximum absolute atomic E-state index is 13.7. The fourth-order valence-corrected chi connectivity index (χ4v) is 3.03. The van der Waals surface area contributed by atoms with Gasteiger partial charge in [-0.2, -0.15) is 0 Å². The number of nitrogens with zero attached hydrogens (tertiary/aromatic N) is 1. The van der Waals surface area contributed by atoms with E-state index in [2.05, 4.69) is 15.6 Å². The smallest absolute Gasteiger partial charge is 0.251 e. The average molecular weight is 393 g/mol. The number of amides is 1. The van der Waals surface area contributed by atoms with Gasteiger partial charge in [0.05, 0.1) is 0 Å². The van der Waals surface area contributed by atoms with Crippen LogP contribution in [0.15, 0.2) is 60.8 Å². The largest absolute Gasteiger partial charge is 0.454 e. The molecule has 1 aliphatic heterocycles. The van der Waals surface area contributed by atoms with Gasteiger partial charge >= 0.3 is 0 Å². The van der Waals surface area contributed by atoms with E-state index in [0.29, 0.717) is 48.0 Å². The molecule has 1 aromatic heterocycles. The number of carbonyl (C=O) groups excluding carboxylic acids is 1. The Morgan fingerprint density at radius 2 is 1.93 bits per heavy atom. The maximum Gasteiger partial charge on any atom is 0.251 e. The van der Waals surface area contributed by atoms with Crippen LogP contribution in [0.4, 0.5) is 10.2 Å². The molecule has 0 spiro atoms. The van der Waals surface area contributed by atoms with Crippen molar-refractivity contribution in [3.05, 3.63) is 83.3 Å². The lowest BCUT2D eigenvalue weighted by atomic mass is 10.1. The highest BCUT2D eigenvalue weighted by Gasteiger charge is 2.14. The van der Waals surface area contributed by atoms with Crippen LogP contribution in [0.2, 0.25) is 0 Å². The van der Waals surface area contributed by atoms with Gasteiger partial charge in [0.15, 0.2) is 11.5 Å². The van der Waals surface area contributed by atoms with E-state index in [1.807, 2.05) is 24.3 Å². The summed E-state index contributed by atoms with van der Waals surface area (Å²) < 4.78 is 24.3. The Balaban J connectivity index is 1.31. The molecule has 4 rings (SSSR count). The lowest BCUT2D eigenvalue weighted by Crippen LogP contribution is -2.23. The summed E-state index contributed by atoms with van der Waals surface area (Å²) in [4.78, 5) is 16.7. The highest BCUT2D eigenvalue weighted by molar-refractivity contribution is 5.94. The van der Waals surface area contributed by atoms with Gasteiger partial charge < -0.3 is 20.1 Å². The molecule has 1 amide bonds. The minimum Gasteiger partial charge on any atom is -0.454 e. The van der Waals surface area contributed by atoms with Crippen LogP contribution >= 0.6 is 0 Å². The number of ether oxygens (including phenoxy) is 2. The number of halogens is 1. The van der Waals surface area contributed by atoms with E-state index in [1.165, 1.54) is 6.07 Å². The van der Waals surface area contributed by atoms with Crippen molar-refractivity contribution in [3.8, 4) is 11.5 Å². The Labute approximate surface area is 167 Å². The van der Waals surface area contributed by atoms with E-state index in [4.69, 9.17) is 9.47 Å². The van der Waals surface area contributed by atoms with E-state index < -0.39 is 0 Å². The normalized spacial score (nSPS) is 11.9. The van der Waals surface area contributed by atoms with Gasteiger partial charge in [0.25, 0.3) is 5.91 Å². The molecular formula is C22H20FN3O3. The lowest BCUT2D eigenvalue weighted by molar-refractivity contribution is 0.0950. The summed E-state index contributed by atoms with van der Waals surface area (Å²) in [6.07, 6.45) is 2.09. The van der Waals surface area contributed by atoms with E-state index >= 15 is 0 Å². The highest BCUT2D eigenvalue weighted by atomic mass is 19.1. The average Bonchev–Trinajstić information content (AvgIpc) is 3.21. The minimum atomic E-state index is -0.223. The van der Waals surface area contributed by atoms with E-state index in [0.717, 1.165) is 5.56 Å². The van der Waals surface area contributed by atoms with Crippen molar-refractivity contribution < 1.29 is 18.7 Å². The summed E-state index contributed by atoms with van der Waals surface area (Å²) in [7, 11) is 0. The van der Waals surface area contributed by atoms with Gasteiger partial charge in [-0.05, 0) is 47.9 Å². The number of fused-ring (bicyclic) bond motifs is 1. The Morgan fingerprint density at radius 1 is 1.07 bits per heavy atom. The Hall–Kier alpha value is -3.61. The number of benzene rings is 2. The number of rotatable bonds is 7. The summed E-state index contributed by atoms with van der Waals surface area (Å²) >= 11 is 0. The first kappa shape index (κ1) is 18.7. The zero-order valence-corrected chi connectivity index (χ0v) is 15.7. The second kappa shape index (κ2) is 8.60. The number of nitrogens with one attached hydrogen (secondary N) is 2. The molecule has 2 heterocycles. The molecule has 0 unspecified atom stereocenters. The molecule has 0 radical (unpaired) electrons. The van der Waals surface area contributed by atoms with Crippen molar-refractivity contribution in [3.63, 3.8) is 0 Å². The number of carbonyl (C=O) groups is 1. The second-order valence-electron chi connectivity index (χ2n) is 6.57. The van der Waals surface area contributed by atoms with Crippen molar-refractivity contribution in [2.75, 3.05) is 18.7 Å². The standard InChI is InChI=1S/C22H20FN3O3/c23-18-4-2-1-3-16(18)7-9-24-21-12-17(8-10-25-21)22(27)26-13-15-5-6-19-20(11-15)29-14-28-19/h1-6,8,10-12H,7,9,13-14H2,(H,24,25)(H,26,27). The molecule has 0 aliphatic carbocycles. The quantitative estimate of drug-likeness (QED) is 0.643. The van der Waals surface area contributed by atoms with Crippen LogP contribution in [0.5, 0.6) is 11.5 Å². The second-order valence-corrected chi connectivity index (χ2v) is 6.57. The molecule has 7 heteroatoms. The fraction of sp³-hybridized carbons (Fsp3) is 0.182. The molecular weight excluding hydrogens is 373 g/mol. The van der Waals surface area contributed by atoms with Crippen LogP contribution in [0.3, 0.4) is 0 Å². The van der Waals surface area contributed by atoms with Gasteiger partial charge in [-0.25, -0.2) is 9.37 Å². The van der Waals surface area contributed by atoms with E-state index in [-0.39, 0.29) is 18.5 Å². The van der Waals surface area contributed by atoms with Crippen LogP contribution in [-0.2, 0) is 13.0 Å². The van der Waals surface area contributed by atoms with Crippen molar-refractivity contribution >= 4 is 11.7 Å². The van der Waals surface area contributed by atoms with E-state index in [1.54, 1.807) is 30.5 Å². The fourth-order valence-electron chi connectivity index (χ4n) is 3.03. The van der Waals surface area contributed by atoms with Crippen molar-refractivity contribution in [1.29, 1.82) is 0 Å². The maximum atomic E-state index is 13.7. The summed E-state index contributed by atoms with van der Waals surface area (Å²) in [6.45, 7) is 1.10. The Morgan fingerprint density at radius 3 is 2.83 bits per heavy atom. The Bertz CT molecular complexity index is 1030. The molecule has 0 saturated carbocycles. The summed E-state index contributed by atoms with van der Waals surface area (Å²) in [5.41, 5.74) is 2.05. The summed E-state index contributed by atoms with van der Waals surface area (Å²) in [5, 5.41) is 6.01. The van der Waals surface area contributed by atoms with Gasteiger partial charge in [0, 0.05) is 24.8 Å². The molecule has 6 nitrogen and oxygen atoms in total. The molecule has 3 aromatic rings. The third kappa shape index (κ3) is 4.63. The zero-order valence-electron chi connectivity index (χ0n) is 15.7. The topological polar surface area (TPSA) is 72.5 Å².